The number of H-pyrrole nitrogens is 1. The molecule has 1 aromatic heterocycles. The Morgan fingerprint density at radius 2 is 2.15 bits per heavy atom. The molecule has 0 spiro atoms. The van der Waals surface area contributed by atoms with E-state index in [1.54, 1.807) is 0 Å². The molecule has 74 valence electrons. The Labute approximate surface area is 78.9 Å². The van der Waals surface area contributed by atoms with Crippen LogP contribution in [0.25, 0.3) is 0 Å². The summed E-state index contributed by atoms with van der Waals surface area (Å²) < 4.78 is 36.7. The molecule has 0 unspecified atom stereocenters. The lowest BCUT2D eigenvalue weighted by Crippen LogP contribution is -2.08. The van der Waals surface area contributed by atoms with Crippen molar-refractivity contribution < 1.29 is 13.2 Å². The summed E-state index contributed by atoms with van der Waals surface area (Å²) in [6.45, 7) is 0. The number of nitrogens with zero attached hydrogens (tertiary/aromatic N) is 1. The summed E-state index contributed by atoms with van der Waals surface area (Å²) in [5.74, 6) is 0.572. The third kappa shape index (κ3) is 2.65. The van der Waals surface area contributed by atoms with E-state index in [9.17, 15) is 13.2 Å². The molecular formula is C7H9F3N2S. The highest BCUT2D eigenvalue weighted by atomic mass is 32.1. The summed E-state index contributed by atoms with van der Waals surface area (Å²) in [6, 6.07) is 0. The van der Waals surface area contributed by atoms with E-state index >= 15 is 0 Å². The van der Waals surface area contributed by atoms with Gasteiger partial charge in [-0.2, -0.15) is 30.9 Å². The van der Waals surface area contributed by atoms with Gasteiger partial charge in [0.25, 0.3) is 0 Å². The Morgan fingerprint density at radius 3 is 2.69 bits per heavy atom. The van der Waals surface area contributed by atoms with Crippen molar-refractivity contribution in [2.75, 3.05) is 5.75 Å². The van der Waals surface area contributed by atoms with E-state index < -0.39 is 11.9 Å². The lowest BCUT2D eigenvalue weighted by Gasteiger charge is -2.05. The van der Waals surface area contributed by atoms with Crippen molar-refractivity contribution in [3.63, 3.8) is 0 Å². The quantitative estimate of drug-likeness (QED) is 0.736. The Morgan fingerprint density at radius 1 is 1.46 bits per heavy atom. The number of halogens is 3. The molecular weight excluding hydrogens is 201 g/mol. The number of hydrogen-bond donors (Lipinski definition) is 2. The van der Waals surface area contributed by atoms with Gasteiger partial charge in [0.05, 0.1) is 6.20 Å². The largest absolute Gasteiger partial charge is 0.433 e. The smallest absolute Gasteiger partial charge is 0.273 e. The average molecular weight is 210 g/mol. The van der Waals surface area contributed by atoms with Crippen LogP contribution in [0, 0.1) is 0 Å². The van der Waals surface area contributed by atoms with Gasteiger partial charge in [0.1, 0.15) is 5.69 Å². The SMILES string of the molecule is FC(F)(F)c1[nH]ncc1CCCS. The molecule has 0 bridgehead atoms. The van der Waals surface area contributed by atoms with Crippen molar-refractivity contribution in [3.05, 3.63) is 17.5 Å². The Balaban J connectivity index is 2.77. The molecule has 6 heteroatoms. The molecule has 1 rings (SSSR count). The van der Waals surface area contributed by atoms with E-state index in [-0.39, 0.29) is 5.56 Å². The molecule has 0 aliphatic rings. The number of aromatic amines is 1. The number of thiol groups is 1. The summed E-state index contributed by atoms with van der Waals surface area (Å²) in [4.78, 5) is 0. The lowest BCUT2D eigenvalue weighted by molar-refractivity contribution is -0.141. The van der Waals surface area contributed by atoms with Crippen LogP contribution in [0.3, 0.4) is 0 Å². The Kier molecular flexibility index (Phi) is 3.24. The maximum Gasteiger partial charge on any atom is 0.433 e. The first kappa shape index (κ1) is 10.4. The molecule has 1 N–H and O–H groups in total. The van der Waals surface area contributed by atoms with Crippen LogP contribution in [0.4, 0.5) is 13.2 Å². The first-order chi connectivity index (χ1) is 6.05. The normalized spacial score (nSPS) is 12.0. The molecule has 0 aliphatic heterocycles. The van der Waals surface area contributed by atoms with Gasteiger partial charge in [-0.3, -0.25) is 5.10 Å². The predicted molar refractivity (Wildman–Crippen MR) is 45.8 cm³/mol. The second-order valence-corrected chi connectivity index (χ2v) is 3.04. The molecule has 0 aliphatic carbocycles. The van der Waals surface area contributed by atoms with Crippen molar-refractivity contribution in [2.45, 2.75) is 19.0 Å². The van der Waals surface area contributed by atoms with E-state index in [4.69, 9.17) is 0 Å². The zero-order valence-electron chi connectivity index (χ0n) is 6.73. The van der Waals surface area contributed by atoms with Crippen molar-refractivity contribution in [2.24, 2.45) is 0 Å². The minimum absolute atomic E-state index is 0.210. The van der Waals surface area contributed by atoms with Gasteiger partial charge in [0.2, 0.25) is 0 Å². The molecule has 0 radical (unpaired) electrons. The summed E-state index contributed by atoms with van der Waals surface area (Å²) in [5.41, 5.74) is -0.532. The maximum absolute atomic E-state index is 12.2. The molecule has 1 heterocycles. The minimum Gasteiger partial charge on any atom is -0.273 e. The van der Waals surface area contributed by atoms with Gasteiger partial charge < -0.3 is 0 Å². The number of nitrogens with one attached hydrogen (secondary N) is 1. The van der Waals surface area contributed by atoms with Crippen LogP contribution in [-0.4, -0.2) is 16.0 Å². The highest BCUT2D eigenvalue weighted by Crippen LogP contribution is 2.30. The van der Waals surface area contributed by atoms with E-state index in [0.717, 1.165) is 0 Å². The molecule has 0 saturated carbocycles. The fourth-order valence-corrected chi connectivity index (χ4v) is 1.17. The fraction of sp³-hybridized carbons (Fsp3) is 0.571. The van der Waals surface area contributed by atoms with Gasteiger partial charge in [-0.25, -0.2) is 0 Å². The number of hydrogen-bond acceptors (Lipinski definition) is 2. The second-order valence-electron chi connectivity index (χ2n) is 2.60. The van der Waals surface area contributed by atoms with Crippen LogP contribution in [0.1, 0.15) is 17.7 Å². The van der Waals surface area contributed by atoms with Crippen molar-refractivity contribution in [1.29, 1.82) is 0 Å². The number of aromatic nitrogens is 2. The summed E-state index contributed by atoms with van der Waals surface area (Å²) in [5, 5.41) is 5.33. The summed E-state index contributed by atoms with van der Waals surface area (Å²) >= 11 is 3.93. The van der Waals surface area contributed by atoms with Gasteiger partial charge in [0.15, 0.2) is 0 Å². The van der Waals surface area contributed by atoms with E-state index in [2.05, 4.69) is 17.7 Å². The first-order valence-corrected chi connectivity index (χ1v) is 4.39. The van der Waals surface area contributed by atoms with Crippen molar-refractivity contribution in [1.82, 2.24) is 10.2 Å². The molecule has 0 amide bonds. The standard InChI is InChI=1S/C7H9F3N2S/c8-7(9,10)6-5(2-1-3-13)4-11-12-6/h4,13H,1-3H2,(H,11,12). The monoisotopic (exact) mass is 210 g/mol. The number of alkyl halides is 3. The highest BCUT2D eigenvalue weighted by Gasteiger charge is 2.34. The molecule has 13 heavy (non-hydrogen) atoms. The second kappa shape index (κ2) is 4.04. The maximum atomic E-state index is 12.2. The van der Waals surface area contributed by atoms with Crippen LogP contribution in [-0.2, 0) is 12.6 Å². The molecule has 2 nitrogen and oxygen atoms in total. The first-order valence-electron chi connectivity index (χ1n) is 3.76. The van der Waals surface area contributed by atoms with Crippen LogP contribution in [0.15, 0.2) is 6.20 Å². The van der Waals surface area contributed by atoms with Crippen molar-refractivity contribution in [3.8, 4) is 0 Å². The van der Waals surface area contributed by atoms with E-state index in [1.807, 2.05) is 5.10 Å². The van der Waals surface area contributed by atoms with Gasteiger partial charge in [-0.1, -0.05) is 0 Å². The summed E-state index contributed by atoms with van der Waals surface area (Å²) in [6.07, 6.45) is -2.14. The van der Waals surface area contributed by atoms with E-state index in [1.165, 1.54) is 6.20 Å². The number of rotatable bonds is 3. The lowest BCUT2D eigenvalue weighted by atomic mass is 10.1. The highest BCUT2D eigenvalue weighted by molar-refractivity contribution is 7.80. The van der Waals surface area contributed by atoms with Gasteiger partial charge in [-0.15, -0.1) is 0 Å². The molecule has 0 fully saturated rings. The van der Waals surface area contributed by atoms with Gasteiger partial charge in [0, 0.05) is 5.56 Å². The number of aryl methyl sites for hydroxylation is 1. The zero-order valence-corrected chi connectivity index (χ0v) is 7.62. The van der Waals surface area contributed by atoms with Crippen molar-refractivity contribution >= 4 is 12.6 Å². The van der Waals surface area contributed by atoms with Gasteiger partial charge in [-0.05, 0) is 18.6 Å². The Hall–Kier alpha value is -0.650. The van der Waals surface area contributed by atoms with Crippen LogP contribution < -0.4 is 0 Å². The minimum atomic E-state index is -4.33. The van der Waals surface area contributed by atoms with Crippen LogP contribution in [0.2, 0.25) is 0 Å². The van der Waals surface area contributed by atoms with Crippen LogP contribution in [0.5, 0.6) is 0 Å². The fourth-order valence-electron chi connectivity index (χ4n) is 1.02. The topological polar surface area (TPSA) is 28.7 Å². The third-order valence-electron chi connectivity index (χ3n) is 1.61. The van der Waals surface area contributed by atoms with E-state index in [0.29, 0.717) is 18.6 Å². The zero-order chi connectivity index (χ0) is 9.90. The Bertz CT molecular complexity index is 269. The molecule has 0 saturated heterocycles. The molecule has 1 aromatic rings. The van der Waals surface area contributed by atoms with Gasteiger partial charge >= 0.3 is 6.18 Å². The average Bonchev–Trinajstić information content (AvgIpc) is 2.47. The predicted octanol–water partition coefficient (Wildman–Crippen LogP) is 2.29. The summed E-state index contributed by atoms with van der Waals surface area (Å²) in [7, 11) is 0. The van der Waals surface area contributed by atoms with Crippen LogP contribution >= 0.6 is 12.6 Å². The molecule has 0 aromatic carbocycles. The third-order valence-corrected chi connectivity index (χ3v) is 1.92. The molecule has 0 atom stereocenters.